The van der Waals surface area contributed by atoms with Crippen LogP contribution in [-0.4, -0.2) is 43.1 Å². The summed E-state index contributed by atoms with van der Waals surface area (Å²) < 4.78 is 29.1. The van der Waals surface area contributed by atoms with E-state index in [-0.39, 0.29) is 13.2 Å². The first-order valence-corrected chi connectivity index (χ1v) is 10.9. The topological polar surface area (TPSA) is 80.3 Å². The molecule has 1 saturated heterocycles. The van der Waals surface area contributed by atoms with Crippen LogP contribution in [-0.2, 0) is 46.5 Å². The molecule has 0 N–H and O–H groups in total. The van der Waals surface area contributed by atoms with Crippen LogP contribution < -0.4 is 0 Å². The molecule has 2 aromatic carbocycles. The van der Waals surface area contributed by atoms with Gasteiger partial charge in [0.2, 0.25) is 6.29 Å². The Hall–Kier alpha value is -3.00. The van der Waals surface area contributed by atoms with E-state index in [2.05, 4.69) is 6.58 Å². The van der Waals surface area contributed by atoms with Gasteiger partial charge in [0, 0.05) is 19.8 Å². The van der Waals surface area contributed by atoms with Crippen molar-refractivity contribution in [3.63, 3.8) is 0 Å². The van der Waals surface area contributed by atoms with Crippen molar-refractivity contribution < 1.29 is 33.3 Å². The van der Waals surface area contributed by atoms with Gasteiger partial charge in [0.05, 0.1) is 19.3 Å². The van der Waals surface area contributed by atoms with E-state index >= 15 is 0 Å². The maximum Gasteiger partial charge on any atom is 0.305 e. The van der Waals surface area contributed by atoms with Crippen LogP contribution in [0.1, 0.15) is 25.0 Å². The Morgan fingerprint density at radius 3 is 1.91 bits per heavy atom. The van der Waals surface area contributed by atoms with Crippen molar-refractivity contribution in [2.24, 2.45) is 5.92 Å². The molecule has 176 valence electrons. The lowest BCUT2D eigenvalue weighted by Gasteiger charge is -2.44. The highest BCUT2D eigenvalue weighted by Crippen LogP contribution is 2.33. The van der Waals surface area contributed by atoms with Crippen LogP contribution in [0.15, 0.2) is 73.3 Å². The minimum absolute atomic E-state index is 0.0533. The first-order valence-electron chi connectivity index (χ1n) is 10.9. The lowest BCUT2D eigenvalue weighted by molar-refractivity contribution is -0.293. The summed E-state index contributed by atoms with van der Waals surface area (Å²) in [6.07, 6.45) is -1.19. The first-order chi connectivity index (χ1) is 16.0. The molecule has 0 saturated carbocycles. The molecule has 7 nitrogen and oxygen atoms in total. The fourth-order valence-corrected chi connectivity index (χ4v) is 3.75. The van der Waals surface area contributed by atoms with Gasteiger partial charge < -0.3 is 23.7 Å². The van der Waals surface area contributed by atoms with Gasteiger partial charge in [0.25, 0.3) is 0 Å². The summed E-state index contributed by atoms with van der Waals surface area (Å²) in [4.78, 5) is 23.2. The number of carbonyl (C=O) groups is 2. The van der Waals surface area contributed by atoms with Crippen LogP contribution in [0.25, 0.3) is 0 Å². The van der Waals surface area contributed by atoms with E-state index in [1.165, 1.54) is 13.8 Å². The molecular weight excluding hydrogens is 424 g/mol. The molecule has 2 aromatic rings. The predicted molar refractivity (Wildman–Crippen MR) is 121 cm³/mol. The normalized spacial score (nSPS) is 24.6. The summed E-state index contributed by atoms with van der Waals surface area (Å²) in [5.41, 5.74) is 1.95. The molecule has 1 fully saturated rings. The van der Waals surface area contributed by atoms with Gasteiger partial charge in [0.15, 0.2) is 0 Å². The number of hydrogen-bond acceptors (Lipinski definition) is 7. The van der Waals surface area contributed by atoms with E-state index in [0.717, 1.165) is 11.1 Å². The van der Waals surface area contributed by atoms with E-state index in [4.69, 9.17) is 23.7 Å². The zero-order valence-electron chi connectivity index (χ0n) is 18.9. The van der Waals surface area contributed by atoms with Gasteiger partial charge in [-0.15, -0.1) is 6.58 Å². The Morgan fingerprint density at radius 2 is 1.42 bits per heavy atom. The maximum absolute atomic E-state index is 11.8. The number of benzene rings is 2. The standard InChI is InChI=1S/C26H30O7/c1-4-22-24(30-15-20-11-7-5-8-12-20)23(17-29-18(2)27)33-26(32-19(3)28)25(22)31-16-21-13-9-6-10-14-21/h4-14,22-26H,1,15-17H2,2-3H3/t22?,23?,24-,25?,26-/m0/s1. The Morgan fingerprint density at radius 1 is 0.879 bits per heavy atom. The van der Waals surface area contributed by atoms with Crippen molar-refractivity contribution in [3.8, 4) is 0 Å². The molecule has 1 aliphatic heterocycles. The monoisotopic (exact) mass is 454 g/mol. The quantitative estimate of drug-likeness (QED) is 0.399. The Bertz CT molecular complexity index is 899. The van der Waals surface area contributed by atoms with Crippen molar-refractivity contribution in [1.29, 1.82) is 0 Å². The summed E-state index contributed by atoms with van der Waals surface area (Å²) in [5.74, 6) is -1.34. The number of ether oxygens (including phenoxy) is 5. The molecule has 1 heterocycles. The fourth-order valence-electron chi connectivity index (χ4n) is 3.75. The molecule has 33 heavy (non-hydrogen) atoms. The summed E-state index contributed by atoms with van der Waals surface area (Å²) in [6, 6.07) is 19.4. The van der Waals surface area contributed by atoms with Crippen LogP contribution in [0, 0.1) is 5.92 Å². The fraction of sp³-hybridized carbons (Fsp3) is 0.385. The molecule has 7 heteroatoms. The van der Waals surface area contributed by atoms with Gasteiger partial charge in [-0.3, -0.25) is 9.59 Å². The van der Waals surface area contributed by atoms with Gasteiger partial charge in [-0.2, -0.15) is 0 Å². The van der Waals surface area contributed by atoms with Crippen molar-refractivity contribution in [2.75, 3.05) is 6.61 Å². The van der Waals surface area contributed by atoms with E-state index < -0.39 is 42.5 Å². The summed E-state index contributed by atoms with van der Waals surface area (Å²) in [6.45, 7) is 7.16. The number of hydrogen-bond donors (Lipinski definition) is 0. The average molecular weight is 455 g/mol. The molecule has 0 bridgehead atoms. The second-order valence-electron chi connectivity index (χ2n) is 7.79. The van der Waals surface area contributed by atoms with E-state index in [1.54, 1.807) is 6.08 Å². The number of esters is 2. The largest absolute Gasteiger partial charge is 0.463 e. The van der Waals surface area contributed by atoms with E-state index in [1.807, 2.05) is 60.7 Å². The summed E-state index contributed by atoms with van der Waals surface area (Å²) >= 11 is 0. The third-order valence-electron chi connectivity index (χ3n) is 5.28. The highest BCUT2D eigenvalue weighted by atomic mass is 16.7. The third-order valence-corrected chi connectivity index (χ3v) is 5.28. The Kier molecular flexibility index (Phi) is 9.18. The van der Waals surface area contributed by atoms with Crippen molar-refractivity contribution >= 4 is 11.9 Å². The van der Waals surface area contributed by atoms with Gasteiger partial charge in [-0.1, -0.05) is 66.7 Å². The third kappa shape index (κ3) is 7.25. The van der Waals surface area contributed by atoms with Crippen LogP contribution in [0.5, 0.6) is 0 Å². The molecule has 0 spiro atoms. The summed E-state index contributed by atoms with van der Waals surface area (Å²) in [5, 5.41) is 0. The average Bonchev–Trinajstić information content (AvgIpc) is 2.81. The zero-order valence-corrected chi connectivity index (χ0v) is 18.9. The van der Waals surface area contributed by atoms with Crippen molar-refractivity contribution in [3.05, 3.63) is 84.4 Å². The SMILES string of the molecule is C=CC1C(OCc2ccccc2)[C@@H](OC(C)=O)OC(COC(C)=O)[C@H]1OCc1ccccc1. The zero-order chi connectivity index (χ0) is 23.6. The van der Waals surface area contributed by atoms with Gasteiger partial charge in [-0.25, -0.2) is 0 Å². The number of carbonyl (C=O) groups excluding carboxylic acids is 2. The van der Waals surface area contributed by atoms with E-state index in [9.17, 15) is 9.59 Å². The van der Waals surface area contributed by atoms with Crippen LogP contribution in [0.2, 0.25) is 0 Å². The molecule has 0 aliphatic carbocycles. The Balaban J connectivity index is 1.83. The predicted octanol–water partition coefficient (Wildman–Crippen LogP) is 3.81. The molecule has 1 aliphatic rings. The second kappa shape index (κ2) is 12.3. The highest BCUT2D eigenvalue weighted by molar-refractivity contribution is 5.66. The maximum atomic E-state index is 11.8. The molecule has 5 atom stereocenters. The second-order valence-corrected chi connectivity index (χ2v) is 7.79. The Labute approximate surface area is 194 Å². The molecule has 3 unspecified atom stereocenters. The summed E-state index contributed by atoms with van der Waals surface area (Å²) in [7, 11) is 0. The van der Waals surface area contributed by atoms with Crippen molar-refractivity contribution in [2.45, 2.75) is 51.7 Å². The molecule has 0 amide bonds. The first kappa shape index (κ1) is 24.6. The lowest BCUT2D eigenvalue weighted by Crippen LogP contribution is -2.57. The smallest absolute Gasteiger partial charge is 0.305 e. The molecule has 3 rings (SSSR count). The van der Waals surface area contributed by atoms with Gasteiger partial charge >= 0.3 is 11.9 Å². The van der Waals surface area contributed by atoms with Crippen LogP contribution in [0.4, 0.5) is 0 Å². The van der Waals surface area contributed by atoms with E-state index in [0.29, 0.717) is 6.61 Å². The van der Waals surface area contributed by atoms with Crippen LogP contribution >= 0.6 is 0 Å². The molecular formula is C26H30O7. The minimum atomic E-state index is -1.01. The van der Waals surface area contributed by atoms with Gasteiger partial charge in [0.1, 0.15) is 18.8 Å². The van der Waals surface area contributed by atoms with Crippen LogP contribution in [0.3, 0.4) is 0 Å². The number of rotatable bonds is 10. The minimum Gasteiger partial charge on any atom is -0.463 e. The lowest BCUT2D eigenvalue weighted by atomic mass is 9.88. The molecule has 0 aromatic heterocycles. The molecule has 0 radical (unpaired) electrons. The van der Waals surface area contributed by atoms with Gasteiger partial charge in [-0.05, 0) is 11.1 Å². The van der Waals surface area contributed by atoms with Crippen molar-refractivity contribution in [1.82, 2.24) is 0 Å². The highest BCUT2D eigenvalue weighted by Gasteiger charge is 2.48.